The molecule has 5 nitrogen and oxygen atoms in total. The van der Waals surface area contributed by atoms with E-state index in [0.717, 1.165) is 4.47 Å². The van der Waals surface area contributed by atoms with Crippen molar-refractivity contribution in [2.75, 3.05) is 0 Å². The Morgan fingerprint density at radius 1 is 1.53 bits per heavy atom. The lowest BCUT2D eigenvalue weighted by molar-refractivity contribution is -0.136. The Labute approximate surface area is 106 Å². The molecule has 2 rings (SSSR count). The van der Waals surface area contributed by atoms with E-state index in [1.165, 1.54) is 0 Å². The molecule has 17 heavy (non-hydrogen) atoms. The zero-order valence-electron chi connectivity index (χ0n) is 8.98. The van der Waals surface area contributed by atoms with Gasteiger partial charge in [0.15, 0.2) is 0 Å². The minimum atomic E-state index is -0.930. The van der Waals surface area contributed by atoms with Crippen LogP contribution in [0.25, 0.3) is 11.5 Å². The topological polar surface area (TPSA) is 76.2 Å². The molecule has 0 aliphatic carbocycles. The van der Waals surface area contributed by atoms with Crippen LogP contribution in [0.5, 0.6) is 0 Å². The predicted molar refractivity (Wildman–Crippen MR) is 63.5 cm³/mol. The van der Waals surface area contributed by atoms with Gasteiger partial charge in [-0.1, -0.05) is 0 Å². The Morgan fingerprint density at radius 3 is 2.94 bits per heavy atom. The molecule has 0 saturated carbocycles. The van der Waals surface area contributed by atoms with E-state index in [1.807, 2.05) is 6.07 Å². The first kappa shape index (κ1) is 11.8. The molecule has 0 aliphatic rings. The average Bonchev–Trinajstić information content (AvgIpc) is 2.59. The lowest BCUT2D eigenvalue weighted by Gasteiger charge is -1.94. The maximum absolute atomic E-state index is 10.6. The Bertz CT molecular complexity index is 566. The summed E-state index contributed by atoms with van der Waals surface area (Å²) in [7, 11) is 0. The van der Waals surface area contributed by atoms with Crippen LogP contribution in [0.4, 0.5) is 0 Å². The number of aliphatic carboxylic acids is 1. The Balaban J connectivity index is 2.37. The Kier molecular flexibility index (Phi) is 3.23. The van der Waals surface area contributed by atoms with Gasteiger partial charge in [0, 0.05) is 16.9 Å². The summed E-state index contributed by atoms with van der Waals surface area (Å²) >= 11 is 3.30. The second-order valence-electron chi connectivity index (χ2n) is 3.48. The minimum absolute atomic E-state index is 0.142. The summed E-state index contributed by atoms with van der Waals surface area (Å²) < 4.78 is 6.23. The molecule has 2 aromatic heterocycles. The van der Waals surface area contributed by atoms with Gasteiger partial charge < -0.3 is 9.52 Å². The third-order valence-corrected chi connectivity index (χ3v) is 2.60. The molecule has 0 atom stereocenters. The van der Waals surface area contributed by atoms with E-state index in [4.69, 9.17) is 9.52 Å². The largest absolute Gasteiger partial charge is 0.481 e. The summed E-state index contributed by atoms with van der Waals surface area (Å²) in [6.45, 7) is 1.69. The van der Waals surface area contributed by atoms with Crippen molar-refractivity contribution in [3.8, 4) is 11.5 Å². The number of nitrogens with zero attached hydrogens (tertiary/aromatic N) is 2. The van der Waals surface area contributed by atoms with Crippen molar-refractivity contribution >= 4 is 21.9 Å². The molecule has 0 fully saturated rings. The van der Waals surface area contributed by atoms with Gasteiger partial charge >= 0.3 is 5.97 Å². The first-order valence-corrected chi connectivity index (χ1v) is 5.64. The molecule has 88 valence electrons. The monoisotopic (exact) mass is 296 g/mol. The smallest absolute Gasteiger partial charge is 0.309 e. The number of rotatable bonds is 3. The first-order valence-electron chi connectivity index (χ1n) is 4.85. The highest BCUT2D eigenvalue weighted by atomic mass is 79.9. The van der Waals surface area contributed by atoms with Gasteiger partial charge in [-0.2, -0.15) is 0 Å². The van der Waals surface area contributed by atoms with Crippen LogP contribution in [0.2, 0.25) is 0 Å². The SMILES string of the molecule is Cc1oc(-c2cncc(Br)c2)nc1CC(=O)O. The van der Waals surface area contributed by atoms with Crippen LogP contribution in [0.3, 0.4) is 0 Å². The van der Waals surface area contributed by atoms with E-state index in [0.29, 0.717) is 22.9 Å². The van der Waals surface area contributed by atoms with E-state index in [2.05, 4.69) is 25.9 Å². The summed E-state index contributed by atoms with van der Waals surface area (Å²) in [4.78, 5) is 18.8. The third kappa shape index (κ3) is 2.71. The van der Waals surface area contributed by atoms with E-state index in [-0.39, 0.29) is 6.42 Å². The summed E-state index contributed by atoms with van der Waals surface area (Å²) in [6, 6.07) is 1.81. The summed E-state index contributed by atoms with van der Waals surface area (Å²) in [6.07, 6.45) is 3.12. The number of carbonyl (C=O) groups is 1. The molecular weight excluding hydrogens is 288 g/mol. The Hall–Kier alpha value is -1.69. The summed E-state index contributed by atoms with van der Waals surface area (Å²) in [5.74, 6) is -0.0322. The van der Waals surface area contributed by atoms with Crippen molar-refractivity contribution < 1.29 is 14.3 Å². The van der Waals surface area contributed by atoms with Crippen molar-refractivity contribution in [3.63, 3.8) is 0 Å². The number of aryl methyl sites for hydroxylation is 1. The zero-order chi connectivity index (χ0) is 12.4. The molecule has 0 spiro atoms. The van der Waals surface area contributed by atoms with Gasteiger partial charge in [-0.05, 0) is 28.9 Å². The molecular formula is C11H9BrN2O3. The number of oxazole rings is 1. The van der Waals surface area contributed by atoms with Gasteiger partial charge in [-0.15, -0.1) is 0 Å². The quantitative estimate of drug-likeness (QED) is 0.941. The van der Waals surface area contributed by atoms with Crippen LogP contribution in [0, 0.1) is 6.92 Å². The van der Waals surface area contributed by atoms with Gasteiger partial charge in [0.1, 0.15) is 5.76 Å². The van der Waals surface area contributed by atoms with Gasteiger partial charge in [-0.25, -0.2) is 4.98 Å². The van der Waals surface area contributed by atoms with Crippen molar-refractivity contribution in [2.45, 2.75) is 13.3 Å². The van der Waals surface area contributed by atoms with Crippen molar-refractivity contribution in [1.82, 2.24) is 9.97 Å². The van der Waals surface area contributed by atoms with Gasteiger partial charge in [0.05, 0.1) is 17.7 Å². The van der Waals surface area contributed by atoms with Crippen molar-refractivity contribution in [2.24, 2.45) is 0 Å². The fourth-order valence-corrected chi connectivity index (χ4v) is 1.75. The predicted octanol–water partition coefficient (Wildman–Crippen LogP) is 2.43. The molecule has 0 amide bonds. The van der Waals surface area contributed by atoms with Crippen LogP contribution in [0.15, 0.2) is 27.3 Å². The van der Waals surface area contributed by atoms with Gasteiger partial charge in [0.2, 0.25) is 5.89 Å². The maximum Gasteiger partial charge on any atom is 0.309 e. The van der Waals surface area contributed by atoms with E-state index < -0.39 is 5.97 Å². The summed E-state index contributed by atoms with van der Waals surface area (Å²) in [5.41, 5.74) is 1.14. The van der Waals surface area contributed by atoms with E-state index >= 15 is 0 Å². The molecule has 0 unspecified atom stereocenters. The summed E-state index contributed by atoms with van der Waals surface area (Å²) in [5, 5.41) is 8.71. The molecule has 0 radical (unpaired) electrons. The second kappa shape index (κ2) is 4.67. The minimum Gasteiger partial charge on any atom is -0.481 e. The van der Waals surface area contributed by atoms with Crippen molar-refractivity contribution in [1.29, 1.82) is 0 Å². The number of halogens is 1. The standard InChI is InChI=1S/C11H9BrN2O3/c1-6-9(3-10(15)16)14-11(17-6)7-2-8(12)5-13-4-7/h2,4-5H,3H2,1H3,(H,15,16). The number of carboxylic acids is 1. The molecule has 0 bridgehead atoms. The molecule has 2 heterocycles. The Morgan fingerprint density at radius 2 is 2.29 bits per heavy atom. The maximum atomic E-state index is 10.6. The van der Waals surface area contributed by atoms with Crippen LogP contribution in [-0.4, -0.2) is 21.0 Å². The average molecular weight is 297 g/mol. The number of pyridine rings is 1. The third-order valence-electron chi connectivity index (χ3n) is 2.16. The van der Waals surface area contributed by atoms with E-state index in [9.17, 15) is 4.79 Å². The highest BCUT2D eigenvalue weighted by Crippen LogP contribution is 2.23. The molecule has 0 aliphatic heterocycles. The number of hydrogen-bond donors (Lipinski definition) is 1. The lowest BCUT2D eigenvalue weighted by atomic mass is 10.3. The van der Waals surface area contributed by atoms with Crippen LogP contribution in [-0.2, 0) is 11.2 Å². The van der Waals surface area contributed by atoms with E-state index in [1.54, 1.807) is 19.3 Å². The fraction of sp³-hybridized carbons (Fsp3) is 0.182. The highest BCUT2D eigenvalue weighted by Gasteiger charge is 2.14. The molecule has 2 aromatic rings. The first-order chi connectivity index (χ1) is 8.06. The second-order valence-corrected chi connectivity index (χ2v) is 4.40. The lowest BCUT2D eigenvalue weighted by Crippen LogP contribution is -2.01. The normalized spacial score (nSPS) is 10.5. The van der Waals surface area contributed by atoms with Gasteiger partial charge in [-0.3, -0.25) is 9.78 Å². The van der Waals surface area contributed by atoms with Gasteiger partial charge in [0.25, 0.3) is 0 Å². The van der Waals surface area contributed by atoms with Crippen LogP contribution in [0.1, 0.15) is 11.5 Å². The van der Waals surface area contributed by atoms with Crippen molar-refractivity contribution in [3.05, 3.63) is 34.4 Å². The number of aromatic nitrogens is 2. The zero-order valence-corrected chi connectivity index (χ0v) is 10.6. The number of carboxylic acid groups (broad SMARTS) is 1. The highest BCUT2D eigenvalue weighted by molar-refractivity contribution is 9.10. The fourth-order valence-electron chi connectivity index (χ4n) is 1.39. The molecule has 1 N–H and O–H groups in total. The van der Waals surface area contributed by atoms with Crippen LogP contribution >= 0.6 is 15.9 Å². The van der Waals surface area contributed by atoms with Crippen LogP contribution < -0.4 is 0 Å². The molecule has 0 aromatic carbocycles. The molecule has 0 saturated heterocycles. The molecule has 6 heteroatoms. The number of hydrogen-bond acceptors (Lipinski definition) is 4.